The van der Waals surface area contributed by atoms with E-state index in [1.807, 2.05) is 13.8 Å². The number of aliphatic hydroxyl groups excluding tert-OH is 1. The average Bonchev–Trinajstić information content (AvgIpc) is 2.28. The van der Waals surface area contributed by atoms with Crippen molar-refractivity contribution in [3.63, 3.8) is 0 Å². The SMILES string of the molecule is COC(C(C)C)C(O)C1CCCC(S(C)(=O)=O)C1. The number of hydrogen-bond acceptors (Lipinski definition) is 4. The lowest BCUT2D eigenvalue weighted by Gasteiger charge is -2.35. The third kappa shape index (κ3) is 3.93. The van der Waals surface area contributed by atoms with Gasteiger partial charge < -0.3 is 9.84 Å². The minimum atomic E-state index is -3.00. The molecule has 1 saturated carbocycles. The summed E-state index contributed by atoms with van der Waals surface area (Å²) in [6, 6.07) is 0. The van der Waals surface area contributed by atoms with Crippen LogP contribution in [0.25, 0.3) is 0 Å². The molecule has 0 aliphatic heterocycles. The number of rotatable bonds is 5. The maximum atomic E-state index is 11.6. The summed E-state index contributed by atoms with van der Waals surface area (Å²) in [6.07, 6.45) is 3.55. The van der Waals surface area contributed by atoms with Gasteiger partial charge in [-0.05, 0) is 31.1 Å². The van der Waals surface area contributed by atoms with Gasteiger partial charge in [0.25, 0.3) is 0 Å². The van der Waals surface area contributed by atoms with E-state index < -0.39 is 15.9 Å². The predicted octanol–water partition coefficient (Wildman–Crippen LogP) is 1.62. The molecule has 0 saturated heterocycles. The second-order valence-electron chi connectivity index (χ2n) is 5.81. The lowest BCUT2D eigenvalue weighted by molar-refractivity contribution is -0.0699. The quantitative estimate of drug-likeness (QED) is 0.830. The van der Waals surface area contributed by atoms with Gasteiger partial charge in [-0.1, -0.05) is 20.3 Å². The van der Waals surface area contributed by atoms with Gasteiger partial charge in [-0.15, -0.1) is 0 Å². The molecular formula is C13H26O4S. The topological polar surface area (TPSA) is 63.6 Å². The Bertz CT molecular complexity index is 350. The first kappa shape index (κ1) is 15.9. The Morgan fingerprint density at radius 1 is 1.28 bits per heavy atom. The van der Waals surface area contributed by atoms with Crippen LogP contribution >= 0.6 is 0 Å². The van der Waals surface area contributed by atoms with Gasteiger partial charge in [0.2, 0.25) is 0 Å². The number of sulfone groups is 1. The largest absolute Gasteiger partial charge is 0.390 e. The highest BCUT2D eigenvalue weighted by molar-refractivity contribution is 7.91. The lowest BCUT2D eigenvalue weighted by Crippen LogP contribution is -2.42. The molecule has 0 aromatic rings. The van der Waals surface area contributed by atoms with Crippen LogP contribution in [0.15, 0.2) is 0 Å². The van der Waals surface area contributed by atoms with Gasteiger partial charge in [-0.3, -0.25) is 0 Å². The van der Waals surface area contributed by atoms with E-state index in [4.69, 9.17) is 4.74 Å². The second-order valence-corrected chi connectivity index (χ2v) is 8.14. The van der Waals surface area contributed by atoms with Gasteiger partial charge >= 0.3 is 0 Å². The van der Waals surface area contributed by atoms with E-state index in [2.05, 4.69) is 0 Å². The predicted molar refractivity (Wildman–Crippen MR) is 72.2 cm³/mol. The third-order valence-corrected chi connectivity index (χ3v) is 5.66. The smallest absolute Gasteiger partial charge is 0.150 e. The highest BCUT2D eigenvalue weighted by atomic mass is 32.2. The molecule has 1 rings (SSSR count). The summed E-state index contributed by atoms with van der Waals surface area (Å²) in [4.78, 5) is 0. The fourth-order valence-electron chi connectivity index (χ4n) is 2.95. The van der Waals surface area contributed by atoms with Gasteiger partial charge in [0, 0.05) is 13.4 Å². The molecule has 0 heterocycles. The van der Waals surface area contributed by atoms with Crippen LogP contribution in [0.2, 0.25) is 0 Å². The standard InChI is InChI=1S/C13H26O4S/c1-9(2)13(17-3)12(14)10-6-5-7-11(8-10)18(4,15)16/h9-14H,5-8H2,1-4H3. The molecule has 1 aliphatic carbocycles. The molecular weight excluding hydrogens is 252 g/mol. The summed E-state index contributed by atoms with van der Waals surface area (Å²) in [6.45, 7) is 4.02. The second kappa shape index (κ2) is 6.35. The molecule has 0 bridgehead atoms. The molecule has 108 valence electrons. The summed E-state index contributed by atoms with van der Waals surface area (Å²) < 4.78 is 28.6. The first-order chi connectivity index (χ1) is 8.27. The van der Waals surface area contributed by atoms with E-state index in [1.54, 1.807) is 7.11 Å². The first-order valence-electron chi connectivity index (χ1n) is 6.67. The van der Waals surface area contributed by atoms with Crippen LogP contribution in [0.5, 0.6) is 0 Å². The van der Waals surface area contributed by atoms with Crippen molar-refractivity contribution in [2.75, 3.05) is 13.4 Å². The van der Waals surface area contributed by atoms with E-state index in [1.165, 1.54) is 6.26 Å². The fourth-order valence-corrected chi connectivity index (χ4v) is 4.15. The van der Waals surface area contributed by atoms with E-state index in [0.717, 1.165) is 19.3 Å². The monoisotopic (exact) mass is 278 g/mol. The Kier molecular flexibility index (Phi) is 5.62. The minimum Gasteiger partial charge on any atom is -0.390 e. The molecule has 0 aromatic heterocycles. The van der Waals surface area contributed by atoms with Crippen molar-refractivity contribution in [3.8, 4) is 0 Å². The number of ether oxygens (including phenoxy) is 1. The van der Waals surface area contributed by atoms with Gasteiger partial charge in [0.1, 0.15) is 9.84 Å². The van der Waals surface area contributed by atoms with E-state index in [0.29, 0.717) is 6.42 Å². The summed E-state index contributed by atoms with van der Waals surface area (Å²) in [5.41, 5.74) is 0. The van der Waals surface area contributed by atoms with Gasteiger partial charge in [0.15, 0.2) is 0 Å². The van der Waals surface area contributed by atoms with Gasteiger partial charge in [0.05, 0.1) is 17.5 Å². The molecule has 0 spiro atoms. The van der Waals surface area contributed by atoms with E-state index in [9.17, 15) is 13.5 Å². The van der Waals surface area contributed by atoms with Crippen molar-refractivity contribution < 1.29 is 18.3 Å². The van der Waals surface area contributed by atoms with Crippen molar-refractivity contribution in [3.05, 3.63) is 0 Å². The number of methoxy groups -OCH3 is 1. The summed E-state index contributed by atoms with van der Waals surface area (Å²) in [5, 5.41) is 10.1. The zero-order valence-electron chi connectivity index (χ0n) is 11.8. The Labute approximate surface area is 111 Å². The van der Waals surface area contributed by atoms with Crippen LogP contribution in [0.4, 0.5) is 0 Å². The third-order valence-electron chi connectivity index (χ3n) is 4.02. The molecule has 18 heavy (non-hydrogen) atoms. The maximum Gasteiger partial charge on any atom is 0.150 e. The maximum absolute atomic E-state index is 11.6. The van der Waals surface area contributed by atoms with Crippen molar-refractivity contribution in [2.24, 2.45) is 11.8 Å². The molecule has 0 amide bonds. The Hall–Kier alpha value is -0.130. The van der Waals surface area contributed by atoms with E-state index in [-0.39, 0.29) is 23.2 Å². The Balaban J connectivity index is 2.71. The molecule has 4 atom stereocenters. The average molecular weight is 278 g/mol. The lowest BCUT2D eigenvalue weighted by atomic mass is 9.81. The Morgan fingerprint density at radius 2 is 1.89 bits per heavy atom. The van der Waals surface area contributed by atoms with Gasteiger partial charge in [-0.2, -0.15) is 0 Å². The fraction of sp³-hybridized carbons (Fsp3) is 1.00. The number of hydrogen-bond donors (Lipinski definition) is 1. The van der Waals surface area contributed by atoms with Crippen LogP contribution in [0, 0.1) is 11.8 Å². The molecule has 1 N–H and O–H groups in total. The first-order valence-corrected chi connectivity index (χ1v) is 8.62. The molecule has 1 aliphatic rings. The van der Waals surface area contributed by atoms with Crippen LogP contribution in [-0.4, -0.2) is 44.3 Å². The normalized spacial score (nSPS) is 29.2. The van der Waals surface area contributed by atoms with Crippen LogP contribution in [0.1, 0.15) is 39.5 Å². The number of aliphatic hydroxyl groups is 1. The molecule has 4 unspecified atom stereocenters. The summed E-state index contributed by atoms with van der Waals surface area (Å²) >= 11 is 0. The highest BCUT2D eigenvalue weighted by Gasteiger charge is 2.36. The molecule has 5 heteroatoms. The molecule has 0 radical (unpaired) electrons. The van der Waals surface area contributed by atoms with Crippen LogP contribution in [0.3, 0.4) is 0 Å². The van der Waals surface area contributed by atoms with Crippen molar-refractivity contribution in [1.29, 1.82) is 0 Å². The summed E-state index contributed by atoms with van der Waals surface area (Å²) in [5.74, 6) is 0.259. The van der Waals surface area contributed by atoms with E-state index >= 15 is 0 Å². The minimum absolute atomic E-state index is 0.0332. The van der Waals surface area contributed by atoms with Crippen molar-refractivity contribution in [2.45, 2.75) is 57.0 Å². The zero-order valence-corrected chi connectivity index (χ0v) is 12.6. The van der Waals surface area contributed by atoms with Crippen LogP contribution < -0.4 is 0 Å². The molecule has 0 aromatic carbocycles. The van der Waals surface area contributed by atoms with Crippen molar-refractivity contribution in [1.82, 2.24) is 0 Å². The summed E-state index contributed by atoms with van der Waals surface area (Å²) in [7, 11) is -1.39. The Morgan fingerprint density at radius 3 is 2.33 bits per heavy atom. The molecule has 4 nitrogen and oxygen atoms in total. The van der Waals surface area contributed by atoms with Crippen LogP contribution in [-0.2, 0) is 14.6 Å². The zero-order chi connectivity index (χ0) is 13.9. The van der Waals surface area contributed by atoms with Crippen molar-refractivity contribution >= 4 is 9.84 Å². The molecule has 1 fully saturated rings. The van der Waals surface area contributed by atoms with Gasteiger partial charge in [-0.25, -0.2) is 8.42 Å². The highest BCUT2D eigenvalue weighted by Crippen LogP contribution is 2.33.